The van der Waals surface area contributed by atoms with Crippen LogP contribution in [0.3, 0.4) is 0 Å². The summed E-state index contributed by atoms with van der Waals surface area (Å²) >= 11 is 0. The Labute approximate surface area is 213 Å². The molecule has 0 saturated heterocycles. The summed E-state index contributed by atoms with van der Waals surface area (Å²) in [5, 5.41) is 9.62. The van der Waals surface area contributed by atoms with Crippen LogP contribution in [0.25, 0.3) is 0 Å². The van der Waals surface area contributed by atoms with Gasteiger partial charge in [-0.1, -0.05) is 59.3 Å². The van der Waals surface area contributed by atoms with Crippen LogP contribution < -0.4 is 0 Å². The Balaban J connectivity index is 1.65. The normalized spacial score (nSPS) is 33.4. The molecule has 0 aromatic rings. The minimum atomic E-state index is -3.56. The molecule has 0 aromatic carbocycles. The molecule has 2 bridgehead atoms. The number of ether oxygens (including phenoxy) is 1. The molecule has 0 heterocycles. The van der Waals surface area contributed by atoms with Crippen molar-refractivity contribution in [1.29, 1.82) is 5.26 Å². The minimum Gasteiger partial charge on any atom is -0.461 e. The lowest BCUT2D eigenvalue weighted by molar-refractivity contribution is -0.165. The molecule has 0 spiro atoms. The maximum Gasteiger partial charge on any atom is 0.326 e. The summed E-state index contributed by atoms with van der Waals surface area (Å²) in [7, 11) is -3.56. The van der Waals surface area contributed by atoms with Crippen LogP contribution in [0.4, 0.5) is 0 Å². The number of carbonyl (C=O) groups is 1. The molecule has 0 radical (unpaired) electrons. The lowest BCUT2D eigenvalue weighted by Gasteiger charge is -2.46. The quantitative estimate of drug-likeness (QED) is 0.379. The van der Waals surface area contributed by atoms with E-state index in [0.717, 1.165) is 64.2 Å². The zero-order chi connectivity index (χ0) is 25.5. The Morgan fingerprint density at radius 1 is 1.03 bits per heavy atom. The number of nitriles is 1. The molecule has 7 heteroatoms. The van der Waals surface area contributed by atoms with Gasteiger partial charge in [-0.15, -0.1) is 0 Å². The van der Waals surface area contributed by atoms with Crippen LogP contribution in [0.1, 0.15) is 118 Å². The third kappa shape index (κ3) is 4.67. The van der Waals surface area contributed by atoms with Gasteiger partial charge < -0.3 is 4.74 Å². The minimum absolute atomic E-state index is 0.0594. The predicted molar refractivity (Wildman–Crippen MR) is 137 cm³/mol. The van der Waals surface area contributed by atoms with Gasteiger partial charge >= 0.3 is 5.97 Å². The van der Waals surface area contributed by atoms with E-state index in [1.807, 2.05) is 11.2 Å². The number of hydrogen-bond acceptors (Lipinski definition) is 5. The molecule has 35 heavy (non-hydrogen) atoms. The van der Waals surface area contributed by atoms with Gasteiger partial charge in [0.1, 0.15) is 6.10 Å². The van der Waals surface area contributed by atoms with Gasteiger partial charge in [-0.3, -0.25) is 4.79 Å². The summed E-state index contributed by atoms with van der Waals surface area (Å²) in [6.45, 7) is 7.82. The van der Waals surface area contributed by atoms with Gasteiger partial charge in [-0.2, -0.15) is 9.57 Å². The van der Waals surface area contributed by atoms with Crippen LogP contribution in [0.5, 0.6) is 0 Å². The van der Waals surface area contributed by atoms with Crippen LogP contribution in [-0.4, -0.2) is 42.6 Å². The number of fused-ring (bicyclic) bond motifs is 2. The summed E-state index contributed by atoms with van der Waals surface area (Å²) in [5.41, 5.74) is -2.02. The second-order valence-corrected chi connectivity index (χ2v) is 14.6. The third-order valence-electron chi connectivity index (χ3n) is 10.6. The van der Waals surface area contributed by atoms with Crippen molar-refractivity contribution in [2.45, 2.75) is 136 Å². The van der Waals surface area contributed by atoms with Gasteiger partial charge in [0.25, 0.3) is 0 Å². The van der Waals surface area contributed by atoms with Crippen molar-refractivity contribution in [2.24, 2.45) is 22.2 Å². The Hall–Kier alpha value is -1.13. The monoisotopic (exact) mass is 506 g/mol. The first-order valence-corrected chi connectivity index (χ1v) is 15.8. The Morgan fingerprint density at radius 2 is 1.57 bits per heavy atom. The van der Waals surface area contributed by atoms with E-state index in [2.05, 4.69) is 19.9 Å². The Bertz CT molecular complexity index is 911. The van der Waals surface area contributed by atoms with Crippen molar-refractivity contribution in [2.75, 3.05) is 5.75 Å². The second-order valence-electron chi connectivity index (χ2n) is 12.7. The summed E-state index contributed by atoms with van der Waals surface area (Å²) in [4.78, 5) is 13.1. The van der Waals surface area contributed by atoms with Crippen molar-refractivity contribution in [3.8, 4) is 6.07 Å². The fourth-order valence-corrected chi connectivity index (χ4v) is 10.7. The van der Waals surface area contributed by atoms with Gasteiger partial charge in [0.2, 0.25) is 10.0 Å². The van der Waals surface area contributed by atoms with E-state index in [0.29, 0.717) is 18.8 Å². The van der Waals surface area contributed by atoms with Gasteiger partial charge in [-0.05, 0) is 69.6 Å². The van der Waals surface area contributed by atoms with Crippen molar-refractivity contribution in [3.05, 3.63) is 0 Å². The maximum atomic E-state index is 14.4. The average molecular weight is 507 g/mol. The lowest BCUT2D eigenvalue weighted by Crippen LogP contribution is -2.55. The fraction of sp³-hybridized carbons (Fsp3) is 0.929. The van der Waals surface area contributed by atoms with E-state index >= 15 is 0 Å². The molecule has 4 rings (SSSR count). The molecule has 6 nitrogen and oxygen atoms in total. The number of sulfonamides is 1. The molecule has 4 saturated carbocycles. The van der Waals surface area contributed by atoms with Gasteiger partial charge in [0, 0.05) is 17.5 Å². The number of carbonyl (C=O) groups excluding carboxylic acids is 1. The Kier molecular flexibility index (Phi) is 7.67. The molecule has 0 unspecified atom stereocenters. The highest BCUT2D eigenvalue weighted by Crippen LogP contribution is 2.67. The second kappa shape index (κ2) is 9.97. The van der Waals surface area contributed by atoms with E-state index in [4.69, 9.17) is 4.74 Å². The molecule has 4 aliphatic rings. The predicted octanol–water partition coefficient (Wildman–Crippen LogP) is 5.96. The SMILES string of the molecule is CC[C@](C)(C#N)C(=O)O[C@@H]1C[C@H]2CC[C@]1(CS(=O)(=O)N(C1CCCCC1)C1CCCCC1)C2(C)C. The standard InChI is InChI=1S/C28H46N2O4S/c1-5-27(4,19-29)25(31)34-24-18-21-16-17-28(24,26(21,2)3)20-35(32,33)30(22-12-8-6-9-13-22)23-14-10-7-11-15-23/h21-24H,5-18,20H2,1-4H3/t21-,24-,27-,28-/m1/s1. The summed E-state index contributed by atoms with van der Waals surface area (Å²) in [6, 6.07) is 2.35. The van der Waals surface area contributed by atoms with Crippen molar-refractivity contribution in [3.63, 3.8) is 0 Å². The van der Waals surface area contributed by atoms with Crippen LogP contribution in [0, 0.1) is 33.5 Å². The molecular weight excluding hydrogens is 460 g/mol. The number of nitrogens with zero attached hydrogens (tertiary/aromatic N) is 2. The zero-order valence-electron chi connectivity index (χ0n) is 22.4. The Morgan fingerprint density at radius 3 is 2.03 bits per heavy atom. The van der Waals surface area contributed by atoms with Crippen molar-refractivity contribution in [1.82, 2.24) is 4.31 Å². The first-order chi connectivity index (χ1) is 16.5. The largest absolute Gasteiger partial charge is 0.461 e. The van der Waals surface area contributed by atoms with Crippen LogP contribution >= 0.6 is 0 Å². The van der Waals surface area contributed by atoms with Crippen LogP contribution in [-0.2, 0) is 19.6 Å². The molecule has 4 atom stereocenters. The number of esters is 1. The number of hydrogen-bond donors (Lipinski definition) is 0. The highest BCUT2D eigenvalue weighted by Gasteiger charge is 2.67. The maximum absolute atomic E-state index is 14.4. The third-order valence-corrected chi connectivity index (χ3v) is 12.8. The molecule has 0 N–H and O–H groups in total. The van der Waals surface area contributed by atoms with Gasteiger partial charge in [0.15, 0.2) is 5.41 Å². The zero-order valence-corrected chi connectivity index (χ0v) is 23.2. The first kappa shape index (κ1) is 26.9. The fourth-order valence-electron chi connectivity index (χ4n) is 7.86. The summed E-state index contributed by atoms with van der Waals surface area (Å²) in [5.74, 6) is -0.101. The summed E-state index contributed by atoms with van der Waals surface area (Å²) in [6.07, 6.45) is 13.0. The molecule has 4 aliphatic carbocycles. The van der Waals surface area contributed by atoms with Crippen molar-refractivity contribution < 1.29 is 17.9 Å². The summed E-state index contributed by atoms with van der Waals surface area (Å²) < 4.78 is 36.9. The van der Waals surface area contributed by atoms with E-state index in [1.54, 1.807) is 6.92 Å². The molecule has 0 amide bonds. The van der Waals surface area contributed by atoms with Gasteiger partial charge in [0.05, 0.1) is 11.8 Å². The number of rotatable bonds is 8. The lowest BCUT2D eigenvalue weighted by atomic mass is 9.69. The van der Waals surface area contributed by atoms with E-state index in [9.17, 15) is 18.5 Å². The molecular formula is C28H46N2O4S. The molecule has 0 aliphatic heterocycles. The highest BCUT2D eigenvalue weighted by molar-refractivity contribution is 7.89. The van der Waals surface area contributed by atoms with Gasteiger partial charge in [-0.25, -0.2) is 8.42 Å². The van der Waals surface area contributed by atoms with E-state index in [1.165, 1.54) is 12.8 Å². The van der Waals surface area contributed by atoms with Crippen LogP contribution in [0.2, 0.25) is 0 Å². The molecule has 4 fully saturated rings. The van der Waals surface area contributed by atoms with E-state index < -0.39 is 32.9 Å². The average Bonchev–Trinajstić information content (AvgIpc) is 3.19. The van der Waals surface area contributed by atoms with Crippen LogP contribution in [0.15, 0.2) is 0 Å². The van der Waals surface area contributed by atoms with E-state index in [-0.39, 0.29) is 23.3 Å². The van der Waals surface area contributed by atoms with Crippen molar-refractivity contribution >= 4 is 16.0 Å². The highest BCUT2D eigenvalue weighted by atomic mass is 32.2. The molecule has 0 aromatic heterocycles. The molecule has 198 valence electrons. The smallest absolute Gasteiger partial charge is 0.326 e. The first-order valence-electron chi connectivity index (χ1n) is 14.1. The topological polar surface area (TPSA) is 87.5 Å².